The number of hydrogen-bond acceptors (Lipinski definition) is 5. The van der Waals surface area contributed by atoms with E-state index in [1.165, 1.54) is 6.07 Å². The third-order valence-electron chi connectivity index (χ3n) is 4.23. The molecule has 0 aliphatic rings. The van der Waals surface area contributed by atoms with Crippen LogP contribution >= 0.6 is 0 Å². The Morgan fingerprint density at radius 3 is 2.62 bits per heavy atom. The lowest BCUT2D eigenvalue weighted by Crippen LogP contribution is -2.20. The van der Waals surface area contributed by atoms with E-state index in [9.17, 15) is 19.6 Å². The number of ether oxygens (including phenoxy) is 2. The number of hydrogen-bond donors (Lipinski definition) is 1. The quantitative estimate of drug-likeness (QED) is 0.648. The minimum absolute atomic E-state index is 0.113. The average Bonchev–Trinajstić information content (AvgIpc) is 2.71. The number of carboxylic acid groups (broad SMARTS) is 1. The SMILES string of the molecule is Cc1ccccc1C(Oc1cc(OCc2ccncc2)cc(F)c1C#N)C(=O)O. The van der Waals surface area contributed by atoms with Gasteiger partial charge in [0.15, 0.2) is 0 Å². The van der Waals surface area contributed by atoms with Crippen molar-refractivity contribution in [2.45, 2.75) is 19.6 Å². The first-order chi connectivity index (χ1) is 14.0. The molecule has 1 heterocycles. The predicted molar refractivity (Wildman–Crippen MR) is 102 cm³/mol. The van der Waals surface area contributed by atoms with Gasteiger partial charge < -0.3 is 14.6 Å². The van der Waals surface area contributed by atoms with Crippen molar-refractivity contribution in [1.29, 1.82) is 5.26 Å². The Bertz CT molecular complexity index is 1060. The first-order valence-corrected chi connectivity index (χ1v) is 8.70. The number of nitrogens with zero attached hydrogens (tertiary/aromatic N) is 2. The summed E-state index contributed by atoms with van der Waals surface area (Å²) in [5.74, 6) is -2.20. The van der Waals surface area contributed by atoms with Crippen molar-refractivity contribution < 1.29 is 23.8 Å². The average molecular weight is 392 g/mol. The number of carbonyl (C=O) groups is 1. The van der Waals surface area contributed by atoms with Gasteiger partial charge in [0, 0.05) is 30.1 Å². The van der Waals surface area contributed by atoms with Crippen LogP contribution in [0.4, 0.5) is 4.39 Å². The van der Waals surface area contributed by atoms with Gasteiger partial charge in [0.25, 0.3) is 0 Å². The van der Waals surface area contributed by atoms with Gasteiger partial charge in [-0.1, -0.05) is 24.3 Å². The maximum absolute atomic E-state index is 14.4. The molecule has 0 saturated carbocycles. The zero-order chi connectivity index (χ0) is 20.8. The number of aromatic nitrogens is 1. The summed E-state index contributed by atoms with van der Waals surface area (Å²) in [6, 6.07) is 14.4. The van der Waals surface area contributed by atoms with Gasteiger partial charge >= 0.3 is 5.97 Å². The van der Waals surface area contributed by atoms with Crippen LogP contribution in [0.5, 0.6) is 11.5 Å². The van der Waals surface area contributed by atoms with Gasteiger partial charge in [-0.25, -0.2) is 9.18 Å². The molecule has 1 N–H and O–H groups in total. The molecule has 1 unspecified atom stereocenters. The number of pyridine rings is 1. The van der Waals surface area contributed by atoms with E-state index in [1.807, 2.05) is 0 Å². The van der Waals surface area contributed by atoms with Gasteiger partial charge in [0.1, 0.15) is 35.6 Å². The Labute approximate surface area is 166 Å². The second-order valence-corrected chi connectivity index (χ2v) is 6.23. The molecule has 6 nitrogen and oxygen atoms in total. The second kappa shape index (κ2) is 8.85. The molecule has 1 atom stereocenters. The van der Waals surface area contributed by atoms with E-state index in [4.69, 9.17) is 9.47 Å². The number of carboxylic acids is 1. The maximum atomic E-state index is 14.4. The highest BCUT2D eigenvalue weighted by Gasteiger charge is 2.26. The molecule has 0 bridgehead atoms. The zero-order valence-corrected chi connectivity index (χ0v) is 15.5. The molecule has 0 spiro atoms. The highest BCUT2D eigenvalue weighted by Crippen LogP contribution is 2.32. The zero-order valence-electron chi connectivity index (χ0n) is 15.5. The fraction of sp³-hybridized carbons (Fsp3) is 0.136. The van der Waals surface area contributed by atoms with Crippen LogP contribution in [0.2, 0.25) is 0 Å². The summed E-state index contributed by atoms with van der Waals surface area (Å²) in [7, 11) is 0. The van der Waals surface area contributed by atoms with Gasteiger partial charge in [-0.2, -0.15) is 5.26 Å². The van der Waals surface area contributed by atoms with E-state index in [1.54, 1.807) is 61.8 Å². The first-order valence-electron chi connectivity index (χ1n) is 8.70. The molecule has 0 fully saturated rings. The number of rotatable bonds is 7. The Balaban J connectivity index is 1.92. The molecule has 7 heteroatoms. The molecule has 0 aliphatic heterocycles. The van der Waals surface area contributed by atoms with Crippen molar-refractivity contribution in [3.8, 4) is 17.6 Å². The van der Waals surface area contributed by atoms with Crippen molar-refractivity contribution in [3.63, 3.8) is 0 Å². The lowest BCUT2D eigenvalue weighted by Gasteiger charge is -2.19. The molecular weight excluding hydrogens is 375 g/mol. The Hall–Kier alpha value is -3.92. The molecule has 1 aromatic heterocycles. The summed E-state index contributed by atoms with van der Waals surface area (Å²) in [5.41, 5.74) is 1.54. The van der Waals surface area contributed by atoms with Crippen molar-refractivity contribution in [2.24, 2.45) is 0 Å². The summed E-state index contributed by atoms with van der Waals surface area (Å²) in [6.07, 6.45) is 1.80. The topological polar surface area (TPSA) is 92.4 Å². The summed E-state index contributed by atoms with van der Waals surface area (Å²) in [4.78, 5) is 15.7. The molecule has 3 aromatic rings. The van der Waals surface area contributed by atoms with Crippen molar-refractivity contribution in [3.05, 3.63) is 89.0 Å². The van der Waals surface area contributed by atoms with Crippen LogP contribution in [0.1, 0.15) is 28.4 Å². The molecule has 0 amide bonds. The van der Waals surface area contributed by atoms with Gasteiger partial charge in [-0.15, -0.1) is 0 Å². The summed E-state index contributed by atoms with van der Waals surface area (Å²) in [5, 5.41) is 18.9. The predicted octanol–water partition coefficient (Wildman–Crippen LogP) is 4.18. The van der Waals surface area contributed by atoms with E-state index in [0.717, 1.165) is 11.6 Å². The standard InChI is InChI=1S/C22H17FN2O4/c1-14-4-2-3-5-17(14)21(22(26)27)29-20-11-16(10-19(23)18(20)12-24)28-13-15-6-8-25-9-7-15/h2-11,21H,13H2,1H3,(H,26,27). The Morgan fingerprint density at radius 2 is 1.97 bits per heavy atom. The number of benzene rings is 2. The van der Waals surface area contributed by atoms with Crippen LogP contribution in [0.15, 0.2) is 60.9 Å². The first kappa shape index (κ1) is 19.8. The van der Waals surface area contributed by atoms with E-state index in [2.05, 4.69) is 4.98 Å². The number of nitriles is 1. The highest BCUT2D eigenvalue weighted by molar-refractivity contribution is 5.75. The maximum Gasteiger partial charge on any atom is 0.349 e. The lowest BCUT2D eigenvalue weighted by atomic mass is 10.0. The number of aliphatic carboxylic acids is 1. The third-order valence-corrected chi connectivity index (χ3v) is 4.23. The van der Waals surface area contributed by atoms with Crippen LogP contribution in [0.25, 0.3) is 0 Å². The third kappa shape index (κ3) is 4.68. The minimum atomic E-state index is -1.40. The molecule has 0 radical (unpaired) electrons. The number of aryl methyl sites for hydroxylation is 1. The van der Waals surface area contributed by atoms with E-state index in [-0.39, 0.29) is 23.7 Å². The molecule has 0 saturated heterocycles. The van der Waals surface area contributed by atoms with Crippen LogP contribution < -0.4 is 9.47 Å². The largest absolute Gasteiger partial charge is 0.489 e. The summed E-state index contributed by atoms with van der Waals surface area (Å²) in [6.45, 7) is 1.89. The lowest BCUT2D eigenvalue weighted by molar-refractivity contribution is -0.145. The molecular formula is C22H17FN2O4. The molecule has 29 heavy (non-hydrogen) atoms. The Morgan fingerprint density at radius 1 is 1.24 bits per heavy atom. The van der Waals surface area contributed by atoms with Crippen molar-refractivity contribution in [1.82, 2.24) is 4.98 Å². The smallest absolute Gasteiger partial charge is 0.349 e. The summed E-state index contributed by atoms with van der Waals surface area (Å²) < 4.78 is 25.6. The van der Waals surface area contributed by atoms with E-state index < -0.39 is 17.9 Å². The van der Waals surface area contributed by atoms with Crippen LogP contribution in [-0.4, -0.2) is 16.1 Å². The molecule has 146 valence electrons. The molecule has 0 aliphatic carbocycles. The van der Waals surface area contributed by atoms with Gasteiger partial charge in [-0.3, -0.25) is 4.98 Å². The monoisotopic (exact) mass is 392 g/mol. The fourth-order valence-electron chi connectivity index (χ4n) is 2.74. The molecule has 3 rings (SSSR count). The van der Waals surface area contributed by atoms with Crippen molar-refractivity contribution >= 4 is 5.97 Å². The second-order valence-electron chi connectivity index (χ2n) is 6.23. The molecule has 2 aromatic carbocycles. The highest BCUT2D eigenvalue weighted by atomic mass is 19.1. The fourth-order valence-corrected chi connectivity index (χ4v) is 2.74. The van der Waals surface area contributed by atoms with Gasteiger partial charge in [-0.05, 0) is 30.2 Å². The van der Waals surface area contributed by atoms with Crippen molar-refractivity contribution in [2.75, 3.05) is 0 Å². The minimum Gasteiger partial charge on any atom is -0.489 e. The number of halogens is 1. The summed E-state index contributed by atoms with van der Waals surface area (Å²) >= 11 is 0. The Kier molecular flexibility index (Phi) is 6.05. The normalized spacial score (nSPS) is 11.3. The van der Waals surface area contributed by atoms with Gasteiger partial charge in [0.2, 0.25) is 6.10 Å². The van der Waals surface area contributed by atoms with E-state index >= 15 is 0 Å². The van der Waals surface area contributed by atoms with Crippen LogP contribution in [0.3, 0.4) is 0 Å². The van der Waals surface area contributed by atoms with Gasteiger partial charge in [0.05, 0.1) is 0 Å². The van der Waals surface area contributed by atoms with Crippen LogP contribution in [-0.2, 0) is 11.4 Å². The van der Waals surface area contributed by atoms with E-state index in [0.29, 0.717) is 11.1 Å². The van der Waals surface area contributed by atoms with Crippen LogP contribution in [0, 0.1) is 24.1 Å².